The molecule has 0 aliphatic carbocycles. The van der Waals surface area contributed by atoms with Crippen LogP contribution >= 0.6 is 54.8 Å². The van der Waals surface area contributed by atoms with Gasteiger partial charge in [-0.25, -0.2) is 9.37 Å². The number of thiophene rings is 1. The summed E-state index contributed by atoms with van der Waals surface area (Å²) in [6.07, 6.45) is 0.655. The first kappa shape index (κ1) is 15.5. The Kier molecular flexibility index (Phi) is 4.69. The van der Waals surface area contributed by atoms with Crippen molar-refractivity contribution in [3.05, 3.63) is 49.0 Å². The van der Waals surface area contributed by atoms with E-state index >= 15 is 0 Å². The molecular formula is C14H10Br2ClFN2S. The average molecular weight is 453 g/mol. The van der Waals surface area contributed by atoms with E-state index < -0.39 is 0 Å². The van der Waals surface area contributed by atoms with Crippen molar-refractivity contribution in [3.63, 3.8) is 0 Å². The molecule has 0 spiro atoms. The van der Waals surface area contributed by atoms with Gasteiger partial charge in [0.15, 0.2) is 0 Å². The second-order valence-corrected chi connectivity index (χ2v) is 8.29. The molecule has 3 rings (SSSR count). The summed E-state index contributed by atoms with van der Waals surface area (Å²) in [5, 5.41) is 0. The molecule has 0 amide bonds. The van der Waals surface area contributed by atoms with Crippen LogP contribution in [0, 0.1) is 5.82 Å². The van der Waals surface area contributed by atoms with Crippen LogP contribution in [0.1, 0.15) is 10.7 Å². The third-order valence-electron chi connectivity index (χ3n) is 3.13. The summed E-state index contributed by atoms with van der Waals surface area (Å²) in [4.78, 5) is 5.76. The van der Waals surface area contributed by atoms with Crippen molar-refractivity contribution < 1.29 is 4.39 Å². The topological polar surface area (TPSA) is 17.8 Å². The molecular weight excluding hydrogens is 442 g/mol. The first-order valence-electron chi connectivity index (χ1n) is 6.23. The van der Waals surface area contributed by atoms with E-state index in [0.717, 1.165) is 20.6 Å². The Bertz CT molecular complexity index is 800. The number of fused-ring (bicyclic) bond motifs is 1. The van der Waals surface area contributed by atoms with Gasteiger partial charge < -0.3 is 4.57 Å². The van der Waals surface area contributed by atoms with E-state index in [1.165, 1.54) is 10.9 Å². The zero-order valence-electron chi connectivity index (χ0n) is 10.7. The monoisotopic (exact) mass is 450 g/mol. The van der Waals surface area contributed by atoms with Crippen LogP contribution in [0.5, 0.6) is 0 Å². The summed E-state index contributed by atoms with van der Waals surface area (Å²) in [7, 11) is 0. The van der Waals surface area contributed by atoms with Crippen LogP contribution in [-0.4, -0.2) is 15.4 Å². The molecule has 2 heterocycles. The molecule has 0 aliphatic rings. The van der Waals surface area contributed by atoms with Crippen LogP contribution in [0.3, 0.4) is 0 Å². The van der Waals surface area contributed by atoms with Gasteiger partial charge in [-0.15, -0.1) is 22.9 Å². The predicted molar refractivity (Wildman–Crippen MR) is 92.9 cm³/mol. The number of rotatable bonds is 4. The largest absolute Gasteiger partial charge is 0.323 e. The van der Waals surface area contributed by atoms with Crippen molar-refractivity contribution in [1.82, 2.24) is 9.55 Å². The number of hydrogen-bond donors (Lipinski definition) is 0. The van der Waals surface area contributed by atoms with E-state index in [-0.39, 0.29) is 5.82 Å². The summed E-state index contributed by atoms with van der Waals surface area (Å²) in [5.74, 6) is 1.08. The molecule has 2 nitrogen and oxygen atoms in total. The number of aryl methyl sites for hydroxylation is 1. The van der Waals surface area contributed by atoms with Crippen LogP contribution < -0.4 is 0 Å². The third-order valence-corrected chi connectivity index (χ3v) is 5.54. The van der Waals surface area contributed by atoms with Gasteiger partial charge in [0.05, 0.1) is 25.8 Å². The van der Waals surface area contributed by atoms with Crippen LogP contribution in [0.15, 0.2) is 32.5 Å². The molecule has 21 heavy (non-hydrogen) atoms. The molecule has 0 fully saturated rings. The molecule has 0 radical (unpaired) electrons. The molecule has 0 bridgehead atoms. The highest BCUT2D eigenvalue weighted by Crippen LogP contribution is 2.28. The Morgan fingerprint density at radius 3 is 2.76 bits per heavy atom. The van der Waals surface area contributed by atoms with Gasteiger partial charge >= 0.3 is 0 Å². The first-order valence-corrected chi connectivity index (χ1v) is 9.16. The Hall–Kier alpha value is -0.430. The first-order chi connectivity index (χ1) is 10.1. The average Bonchev–Trinajstić information content (AvgIpc) is 2.97. The highest BCUT2D eigenvalue weighted by Gasteiger charge is 2.14. The Morgan fingerprint density at radius 1 is 1.29 bits per heavy atom. The number of alkyl halides is 1. The maximum atomic E-state index is 13.8. The molecule has 0 saturated heterocycles. The van der Waals surface area contributed by atoms with Gasteiger partial charge in [0.2, 0.25) is 0 Å². The van der Waals surface area contributed by atoms with Crippen molar-refractivity contribution in [1.29, 1.82) is 0 Å². The lowest BCUT2D eigenvalue weighted by Gasteiger charge is -2.07. The van der Waals surface area contributed by atoms with Gasteiger partial charge in [0.1, 0.15) is 11.6 Å². The fourth-order valence-corrected chi connectivity index (χ4v) is 4.19. The molecule has 0 atom stereocenters. The fourth-order valence-electron chi connectivity index (χ4n) is 2.21. The second kappa shape index (κ2) is 6.36. The molecule has 0 N–H and O–H groups in total. The molecule has 7 heteroatoms. The quantitative estimate of drug-likeness (QED) is 0.472. The fraction of sp³-hybridized carbons (Fsp3) is 0.214. The molecule has 2 aromatic heterocycles. The standard InChI is InChI=1S/C14H10Br2ClFN2S/c15-9-5-11-12(6-10(9)18)20(14(19-11)3-4-17)7-8-1-2-13(16)21-8/h1-2,5-6H,3-4,7H2. The van der Waals surface area contributed by atoms with Crippen LogP contribution in [0.4, 0.5) is 4.39 Å². The summed E-state index contributed by atoms with van der Waals surface area (Å²) < 4.78 is 17.4. The van der Waals surface area contributed by atoms with Gasteiger partial charge in [-0.1, -0.05) is 0 Å². The van der Waals surface area contributed by atoms with E-state index in [9.17, 15) is 4.39 Å². The second-order valence-electron chi connectivity index (χ2n) is 4.51. The van der Waals surface area contributed by atoms with Gasteiger partial charge in [0, 0.05) is 23.2 Å². The third kappa shape index (κ3) is 3.18. The van der Waals surface area contributed by atoms with Crippen molar-refractivity contribution in [3.8, 4) is 0 Å². The molecule has 110 valence electrons. The Morgan fingerprint density at radius 2 is 2.10 bits per heavy atom. The zero-order valence-corrected chi connectivity index (χ0v) is 15.5. The number of nitrogens with zero attached hydrogens (tertiary/aromatic N) is 2. The molecule has 1 aromatic carbocycles. The lowest BCUT2D eigenvalue weighted by Crippen LogP contribution is -2.05. The van der Waals surface area contributed by atoms with E-state index in [2.05, 4.69) is 42.9 Å². The number of hydrogen-bond acceptors (Lipinski definition) is 2. The zero-order chi connectivity index (χ0) is 15.0. The maximum absolute atomic E-state index is 13.8. The summed E-state index contributed by atoms with van der Waals surface area (Å²) in [6.45, 7) is 0.667. The highest BCUT2D eigenvalue weighted by molar-refractivity contribution is 9.11. The number of halogens is 4. The van der Waals surface area contributed by atoms with Crippen molar-refractivity contribution in [2.45, 2.75) is 13.0 Å². The van der Waals surface area contributed by atoms with Crippen molar-refractivity contribution in [2.24, 2.45) is 0 Å². The van der Waals surface area contributed by atoms with Crippen molar-refractivity contribution >= 4 is 65.8 Å². The SMILES string of the molecule is Fc1cc2c(cc1Br)nc(CCCl)n2Cc1ccc(Br)s1. The van der Waals surface area contributed by atoms with E-state index in [1.54, 1.807) is 17.4 Å². The molecule has 0 aliphatic heterocycles. The Labute approximate surface area is 147 Å². The highest BCUT2D eigenvalue weighted by atomic mass is 79.9. The van der Waals surface area contributed by atoms with E-state index in [4.69, 9.17) is 11.6 Å². The van der Waals surface area contributed by atoms with Gasteiger partial charge in [-0.2, -0.15) is 0 Å². The number of imidazole rings is 1. The number of aromatic nitrogens is 2. The van der Waals surface area contributed by atoms with Gasteiger partial charge in [-0.05, 0) is 50.1 Å². The lowest BCUT2D eigenvalue weighted by molar-refractivity contribution is 0.621. The van der Waals surface area contributed by atoms with Gasteiger partial charge in [-0.3, -0.25) is 0 Å². The number of benzene rings is 1. The molecule has 3 aromatic rings. The van der Waals surface area contributed by atoms with Gasteiger partial charge in [0.25, 0.3) is 0 Å². The smallest absolute Gasteiger partial charge is 0.139 e. The van der Waals surface area contributed by atoms with Crippen molar-refractivity contribution in [2.75, 3.05) is 5.88 Å². The summed E-state index contributed by atoms with van der Waals surface area (Å²) >= 11 is 14.2. The minimum absolute atomic E-state index is 0.284. The minimum atomic E-state index is -0.284. The van der Waals surface area contributed by atoms with Crippen LogP contribution in [0.25, 0.3) is 11.0 Å². The normalized spacial score (nSPS) is 11.4. The summed E-state index contributed by atoms with van der Waals surface area (Å²) in [5.41, 5.74) is 1.57. The predicted octanol–water partition coefficient (Wildman–Crippen LogP) is 5.59. The molecule has 0 unspecified atom stereocenters. The Balaban J connectivity index is 2.12. The lowest BCUT2D eigenvalue weighted by atomic mass is 10.3. The molecule has 0 saturated carbocycles. The maximum Gasteiger partial charge on any atom is 0.139 e. The summed E-state index contributed by atoms with van der Waals surface area (Å²) in [6, 6.07) is 7.30. The van der Waals surface area contributed by atoms with Crippen LogP contribution in [0.2, 0.25) is 0 Å². The van der Waals surface area contributed by atoms with E-state index in [0.29, 0.717) is 23.3 Å². The minimum Gasteiger partial charge on any atom is -0.323 e. The van der Waals surface area contributed by atoms with E-state index in [1.807, 2.05) is 10.6 Å². The van der Waals surface area contributed by atoms with Crippen LogP contribution in [-0.2, 0) is 13.0 Å².